The van der Waals surface area contributed by atoms with E-state index in [0.717, 1.165) is 36.0 Å². The van der Waals surface area contributed by atoms with E-state index in [9.17, 15) is 8.42 Å². The van der Waals surface area contributed by atoms with Crippen LogP contribution in [-0.2, 0) is 10.0 Å². The van der Waals surface area contributed by atoms with Crippen LogP contribution in [0.25, 0.3) is 0 Å². The van der Waals surface area contributed by atoms with Crippen molar-refractivity contribution >= 4 is 21.8 Å². The van der Waals surface area contributed by atoms with E-state index in [-0.39, 0.29) is 0 Å². The fourth-order valence-corrected chi connectivity index (χ4v) is 5.91. The van der Waals surface area contributed by atoms with Gasteiger partial charge < -0.3 is 0 Å². The summed E-state index contributed by atoms with van der Waals surface area (Å²) in [7, 11) is -3.35. The fraction of sp³-hybridized carbons (Fsp3) is 0.706. The third kappa shape index (κ3) is 4.48. The Morgan fingerprint density at radius 3 is 2.39 bits per heavy atom. The topological polar surface area (TPSA) is 50.3 Å². The first kappa shape index (κ1) is 17.2. The molecule has 0 aromatic carbocycles. The highest BCUT2D eigenvalue weighted by Gasteiger charge is 2.26. The van der Waals surface area contributed by atoms with Crippen molar-refractivity contribution in [3.8, 4) is 0 Å². The van der Waals surface area contributed by atoms with E-state index >= 15 is 0 Å². The summed E-state index contributed by atoms with van der Waals surface area (Å²) in [6, 6.07) is 3.59. The van der Waals surface area contributed by atoms with Crippen LogP contribution in [0.15, 0.2) is 28.3 Å². The molecule has 128 valence electrons. The maximum absolute atomic E-state index is 12.6. The van der Waals surface area contributed by atoms with Gasteiger partial charge in [-0.3, -0.25) is 0 Å². The second kappa shape index (κ2) is 7.99. The van der Waals surface area contributed by atoms with E-state index in [1.54, 1.807) is 22.1 Å². The lowest BCUT2D eigenvalue weighted by atomic mass is 9.91. The zero-order valence-corrected chi connectivity index (χ0v) is 15.2. The molecular weight excluding hydrogens is 328 g/mol. The molecule has 1 saturated heterocycles. The minimum absolute atomic E-state index is 0.335. The molecule has 0 amide bonds. The summed E-state index contributed by atoms with van der Waals surface area (Å²) >= 11 is 1.76. The number of hydrogen-bond acceptors (Lipinski definition) is 4. The molecule has 1 aliphatic heterocycles. The van der Waals surface area contributed by atoms with E-state index in [2.05, 4.69) is 4.98 Å². The Hall–Kier alpha value is -0.590. The molecule has 23 heavy (non-hydrogen) atoms. The number of aromatic nitrogens is 1. The molecule has 0 unspecified atom stereocenters. The summed E-state index contributed by atoms with van der Waals surface area (Å²) < 4.78 is 26.8. The number of hydrogen-bond donors (Lipinski definition) is 0. The van der Waals surface area contributed by atoms with Crippen LogP contribution in [0.5, 0.6) is 0 Å². The second-order valence-electron chi connectivity index (χ2n) is 6.61. The van der Waals surface area contributed by atoms with Gasteiger partial charge in [-0.1, -0.05) is 25.7 Å². The number of rotatable bonds is 5. The standard InChI is InChI=1S/C17H26N2O2S2/c20-23(21,19-11-5-2-6-12-19)16-9-10-17(18-13-16)22-14-15-7-3-1-4-8-15/h9-10,13,15H,1-8,11-12,14H2. The Bertz CT molecular complexity index is 590. The number of pyridine rings is 1. The molecule has 0 radical (unpaired) electrons. The maximum Gasteiger partial charge on any atom is 0.244 e. The number of piperidine rings is 1. The van der Waals surface area contributed by atoms with Crippen LogP contribution >= 0.6 is 11.8 Å². The van der Waals surface area contributed by atoms with Gasteiger partial charge in [-0.2, -0.15) is 4.31 Å². The lowest BCUT2D eigenvalue weighted by molar-refractivity contribution is 0.346. The number of thioether (sulfide) groups is 1. The summed E-state index contributed by atoms with van der Waals surface area (Å²) in [6.07, 6.45) is 11.3. The highest BCUT2D eigenvalue weighted by Crippen LogP contribution is 2.29. The molecule has 2 fully saturated rings. The molecule has 3 rings (SSSR count). The summed E-state index contributed by atoms with van der Waals surface area (Å²) in [5.74, 6) is 1.90. The smallest absolute Gasteiger partial charge is 0.244 e. The van der Waals surface area contributed by atoms with Crippen molar-refractivity contribution in [2.75, 3.05) is 18.8 Å². The lowest BCUT2D eigenvalue weighted by Gasteiger charge is -2.25. The van der Waals surface area contributed by atoms with Gasteiger partial charge in [-0.25, -0.2) is 13.4 Å². The average Bonchev–Trinajstić information content (AvgIpc) is 2.62. The van der Waals surface area contributed by atoms with Gasteiger partial charge in [-0.15, -0.1) is 11.8 Å². The van der Waals surface area contributed by atoms with Crippen molar-refractivity contribution in [1.29, 1.82) is 0 Å². The van der Waals surface area contributed by atoms with Crippen LogP contribution in [0.4, 0.5) is 0 Å². The predicted molar refractivity (Wildman–Crippen MR) is 94.1 cm³/mol. The minimum Gasteiger partial charge on any atom is -0.249 e. The first-order chi connectivity index (χ1) is 11.2. The molecule has 1 saturated carbocycles. The van der Waals surface area contributed by atoms with E-state index in [4.69, 9.17) is 0 Å². The summed E-state index contributed by atoms with van der Waals surface area (Å²) in [6.45, 7) is 1.28. The van der Waals surface area contributed by atoms with Crippen LogP contribution < -0.4 is 0 Å². The third-order valence-electron chi connectivity index (χ3n) is 4.85. The molecule has 0 atom stereocenters. The van der Waals surface area contributed by atoms with Gasteiger partial charge in [0.1, 0.15) is 4.90 Å². The van der Waals surface area contributed by atoms with E-state index in [1.165, 1.54) is 38.3 Å². The van der Waals surface area contributed by atoms with Crippen molar-refractivity contribution in [1.82, 2.24) is 9.29 Å². The molecule has 0 bridgehead atoms. The Morgan fingerprint density at radius 1 is 1.04 bits per heavy atom. The molecular formula is C17H26N2O2S2. The highest BCUT2D eigenvalue weighted by molar-refractivity contribution is 7.99. The molecule has 6 heteroatoms. The first-order valence-electron chi connectivity index (χ1n) is 8.75. The largest absolute Gasteiger partial charge is 0.249 e. The minimum atomic E-state index is -3.35. The summed E-state index contributed by atoms with van der Waals surface area (Å²) in [4.78, 5) is 4.72. The molecule has 2 heterocycles. The quantitative estimate of drug-likeness (QED) is 0.752. The number of nitrogens with zero attached hydrogens (tertiary/aromatic N) is 2. The molecule has 2 aliphatic rings. The average molecular weight is 355 g/mol. The monoisotopic (exact) mass is 354 g/mol. The SMILES string of the molecule is O=S(=O)(c1ccc(SCC2CCCCC2)nc1)N1CCCCC1. The number of sulfonamides is 1. The third-order valence-corrected chi connectivity index (χ3v) is 7.91. The maximum atomic E-state index is 12.6. The predicted octanol–water partition coefficient (Wildman–Crippen LogP) is 3.93. The van der Waals surface area contributed by atoms with Crippen LogP contribution in [0.2, 0.25) is 0 Å². The molecule has 0 spiro atoms. The zero-order valence-electron chi connectivity index (χ0n) is 13.6. The normalized spacial score (nSPS) is 21.4. The van der Waals surface area contributed by atoms with Crippen LogP contribution in [0, 0.1) is 5.92 Å². The molecule has 1 aromatic rings. The van der Waals surface area contributed by atoms with Crippen molar-refractivity contribution in [2.45, 2.75) is 61.3 Å². The van der Waals surface area contributed by atoms with Gasteiger partial charge in [0.05, 0.1) is 5.03 Å². The van der Waals surface area contributed by atoms with Gasteiger partial charge >= 0.3 is 0 Å². The Morgan fingerprint density at radius 2 is 1.74 bits per heavy atom. The van der Waals surface area contributed by atoms with Gasteiger partial charge in [0.15, 0.2) is 0 Å². The summed E-state index contributed by atoms with van der Waals surface area (Å²) in [5.41, 5.74) is 0. The molecule has 4 nitrogen and oxygen atoms in total. The van der Waals surface area contributed by atoms with Gasteiger partial charge in [0.2, 0.25) is 10.0 Å². The lowest BCUT2D eigenvalue weighted by Crippen LogP contribution is -2.35. The van der Waals surface area contributed by atoms with Gasteiger partial charge in [0, 0.05) is 25.0 Å². The fourth-order valence-electron chi connectivity index (χ4n) is 3.42. The Balaban J connectivity index is 1.59. The summed E-state index contributed by atoms with van der Waals surface area (Å²) in [5, 5.41) is 0.938. The molecule has 1 aromatic heterocycles. The van der Waals surface area contributed by atoms with Crippen LogP contribution in [-0.4, -0.2) is 36.5 Å². The highest BCUT2D eigenvalue weighted by atomic mass is 32.2. The Labute approximate surface area is 144 Å². The van der Waals surface area contributed by atoms with Crippen LogP contribution in [0.1, 0.15) is 51.4 Å². The Kier molecular flexibility index (Phi) is 5.99. The van der Waals surface area contributed by atoms with Crippen molar-refractivity contribution in [3.05, 3.63) is 18.3 Å². The van der Waals surface area contributed by atoms with Gasteiger partial charge in [-0.05, 0) is 43.7 Å². The van der Waals surface area contributed by atoms with E-state index in [0.29, 0.717) is 18.0 Å². The van der Waals surface area contributed by atoms with E-state index < -0.39 is 10.0 Å². The first-order valence-corrected chi connectivity index (χ1v) is 11.2. The second-order valence-corrected chi connectivity index (χ2v) is 9.59. The molecule has 0 N–H and O–H groups in total. The zero-order chi connectivity index (χ0) is 16.1. The van der Waals surface area contributed by atoms with Crippen molar-refractivity contribution in [2.24, 2.45) is 5.92 Å². The van der Waals surface area contributed by atoms with Crippen molar-refractivity contribution in [3.63, 3.8) is 0 Å². The van der Waals surface area contributed by atoms with Crippen LogP contribution in [0.3, 0.4) is 0 Å². The van der Waals surface area contributed by atoms with Crippen molar-refractivity contribution < 1.29 is 8.42 Å². The molecule has 1 aliphatic carbocycles. The van der Waals surface area contributed by atoms with Gasteiger partial charge in [0.25, 0.3) is 0 Å². The van der Waals surface area contributed by atoms with E-state index in [1.807, 2.05) is 6.07 Å².